The van der Waals surface area contributed by atoms with E-state index < -0.39 is 24.1 Å². The van der Waals surface area contributed by atoms with Gasteiger partial charge < -0.3 is 9.84 Å². The van der Waals surface area contributed by atoms with Crippen molar-refractivity contribution in [1.29, 1.82) is 0 Å². The molecule has 32 heavy (non-hydrogen) atoms. The summed E-state index contributed by atoms with van der Waals surface area (Å²) >= 11 is 0. The number of carbonyl (C=O) groups excluding carboxylic acids is 2. The first-order valence-corrected chi connectivity index (χ1v) is 10.4. The standard InChI is InChI=1S/C24H24N2O6/c1-2-11-32-26(15-27)16-12-22(23(28)29)25(13-16)24(30)31-14-21-19-9-5-3-7-17(19)18-8-4-6-10-20(18)21/h2-10,15-16,21-22H,1,11-14H2,(H,28,29)/t16-,22+/m1/s1. The van der Waals surface area contributed by atoms with Crippen molar-refractivity contribution in [2.24, 2.45) is 0 Å². The third kappa shape index (κ3) is 3.97. The van der Waals surface area contributed by atoms with E-state index >= 15 is 0 Å². The lowest BCUT2D eigenvalue weighted by molar-refractivity contribution is -0.179. The highest BCUT2D eigenvalue weighted by molar-refractivity contribution is 5.82. The second-order valence-corrected chi connectivity index (χ2v) is 7.75. The van der Waals surface area contributed by atoms with Crippen molar-refractivity contribution < 1.29 is 29.1 Å². The van der Waals surface area contributed by atoms with Gasteiger partial charge in [-0.1, -0.05) is 54.6 Å². The lowest BCUT2D eigenvalue weighted by atomic mass is 9.98. The number of hydrogen-bond acceptors (Lipinski definition) is 5. The molecular formula is C24H24N2O6. The van der Waals surface area contributed by atoms with Gasteiger partial charge in [-0.05, 0) is 22.3 Å². The summed E-state index contributed by atoms with van der Waals surface area (Å²) in [5.41, 5.74) is 4.35. The molecule has 0 radical (unpaired) electrons. The molecule has 2 aromatic carbocycles. The van der Waals surface area contributed by atoms with E-state index in [1.165, 1.54) is 6.08 Å². The number of ether oxygens (including phenoxy) is 1. The predicted octanol–water partition coefficient (Wildman–Crippen LogP) is 3.04. The van der Waals surface area contributed by atoms with Crippen LogP contribution in [0.25, 0.3) is 11.1 Å². The van der Waals surface area contributed by atoms with Gasteiger partial charge in [-0.2, -0.15) is 0 Å². The number of hydrogen-bond donors (Lipinski definition) is 1. The lowest BCUT2D eigenvalue weighted by Gasteiger charge is -2.24. The summed E-state index contributed by atoms with van der Waals surface area (Å²) in [6.45, 7) is 3.71. The molecule has 2 aromatic rings. The molecule has 8 nitrogen and oxygen atoms in total. The Labute approximate surface area is 185 Å². The summed E-state index contributed by atoms with van der Waals surface area (Å²) in [5, 5.41) is 10.6. The first-order chi connectivity index (χ1) is 15.5. The summed E-state index contributed by atoms with van der Waals surface area (Å²) in [5.74, 6) is -1.29. The van der Waals surface area contributed by atoms with E-state index in [1.54, 1.807) is 0 Å². The Bertz CT molecular complexity index is 993. The SMILES string of the molecule is C=CCON(C=O)[C@@H]1C[C@@H](C(=O)O)N(C(=O)OCC2c3ccccc3-c3ccccc32)C1. The molecule has 2 aliphatic rings. The maximum atomic E-state index is 12.9. The summed E-state index contributed by atoms with van der Waals surface area (Å²) in [4.78, 5) is 42.4. The normalized spacial score (nSPS) is 19.2. The minimum Gasteiger partial charge on any atom is -0.480 e. The highest BCUT2D eigenvalue weighted by Crippen LogP contribution is 2.44. The number of carboxylic acids is 1. The number of aliphatic carboxylic acids is 1. The molecule has 8 heteroatoms. The molecule has 1 fully saturated rings. The Morgan fingerprint density at radius 1 is 1.12 bits per heavy atom. The van der Waals surface area contributed by atoms with Gasteiger partial charge in [-0.25, -0.2) is 14.7 Å². The van der Waals surface area contributed by atoms with Crippen molar-refractivity contribution in [3.05, 3.63) is 72.3 Å². The molecule has 2 atom stereocenters. The second-order valence-electron chi connectivity index (χ2n) is 7.75. The van der Waals surface area contributed by atoms with Crippen molar-refractivity contribution in [2.45, 2.75) is 24.4 Å². The number of benzene rings is 2. The van der Waals surface area contributed by atoms with E-state index in [1.807, 2.05) is 48.5 Å². The highest BCUT2D eigenvalue weighted by Gasteiger charge is 2.43. The van der Waals surface area contributed by atoms with Crippen molar-refractivity contribution in [2.75, 3.05) is 19.8 Å². The average molecular weight is 436 g/mol. The Morgan fingerprint density at radius 2 is 1.75 bits per heavy atom. The molecular weight excluding hydrogens is 412 g/mol. The van der Waals surface area contributed by atoms with Crippen LogP contribution in [0.3, 0.4) is 0 Å². The molecule has 4 rings (SSSR count). The van der Waals surface area contributed by atoms with Crippen LogP contribution in [0, 0.1) is 0 Å². The number of fused-ring (bicyclic) bond motifs is 3. The minimum absolute atomic E-state index is 0.00350. The Morgan fingerprint density at radius 3 is 2.31 bits per heavy atom. The van der Waals surface area contributed by atoms with E-state index in [9.17, 15) is 19.5 Å². The predicted molar refractivity (Wildman–Crippen MR) is 116 cm³/mol. The summed E-state index contributed by atoms with van der Waals surface area (Å²) in [7, 11) is 0. The van der Waals surface area contributed by atoms with Gasteiger partial charge in [0.15, 0.2) is 0 Å². The van der Waals surface area contributed by atoms with Gasteiger partial charge in [-0.15, -0.1) is 6.58 Å². The van der Waals surface area contributed by atoms with Crippen LogP contribution in [0.1, 0.15) is 23.5 Å². The Balaban J connectivity index is 1.48. The number of carboxylic acid groups (broad SMARTS) is 1. The van der Waals surface area contributed by atoms with Crippen LogP contribution in [-0.2, 0) is 19.2 Å². The number of carbonyl (C=O) groups is 3. The van der Waals surface area contributed by atoms with Crippen LogP contribution in [0.4, 0.5) is 4.79 Å². The van der Waals surface area contributed by atoms with Crippen LogP contribution in [-0.4, -0.2) is 65.4 Å². The van der Waals surface area contributed by atoms with E-state index in [4.69, 9.17) is 9.57 Å². The van der Waals surface area contributed by atoms with Crippen LogP contribution >= 0.6 is 0 Å². The van der Waals surface area contributed by atoms with Crippen LogP contribution in [0.2, 0.25) is 0 Å². The molecule has 1 aliphatic heterocycles. The van der Waals surface area contributed by atoms with E-state index in [2.05, 4.69) is 6.58 Å². The number of likely N-dealkylation sites (tertiary alicyclic amines) is 1. The highest BCUT2D eigenvalue weighted by atomic mass is 16.7. The van der Waals surface area contributed by atoms with Gasteiger partial charge in [0.2, 0.25) is 6.41 Å². The van der Waals surface area contributed by atoms with Crippen molar-refractivity contribution >= 4 is 18.5 Å². The van der Waals surface area contributed by atoms with Gasteiger partial charge in [-0.3, -0.25) is 14.5 Å². The minimum atomic E-state index is -1.16. The molecule has 1 N–H and O–H groups in total. The fourth-order valence-corrected chi connectivity index (χ4v) is 4.47. The van der Waals surface area contributed by atoms with Crippen LogP contribution < -0.4 is 0 Å². The smallest absolute Gasteiger partial charge is 0.410 e. The number of hydroxylamine groups is 2. The molecule has 0 saturated carbocycles. The summed E-state index contributed by atoms with van der Waals surface area (Å²) in [6.07, 6.45) is 1.28. The lowest BCUT2D eigenvalue weighted by Crippen LogP contribution is -2.42. The monoisotopic (exact) mass is 436 g/mol. The van der Waals surface area contributed by atoms with Crippen LogP contribution in [0.15, 0.2) is 61.2 Å². The zero-order valence-corrected chi connectivity index (χ0v) is 17.4. The molecule has 2 amide bonds. The number of rotatable bonds is 8. The molecule has 1 aliphatic carbocycles. The first kappa shape index (κ1) is 21.6. The molecule has 166 valence electrons. The molecule has 0 unspecified atom stereocenters. The molecule has 1 saturated heterocycles. The molecule has 0 aromatic heterocycles. The van der Waals surface area contributed by atoms with Gasteiger partial charge >= 0.3 is 12.1 Å². The Kier molecular flexibility index (Phi) is 6.23. The second kappa shape index (κ2) is 9.23. The van der Waals surface area contributed by atoms with Gasteiger partial charge in [0.1, 0.15) is 12.6 Å². The maximum Gasteiger partial charge on any atom is 0.410 e. The quantitative estimate of drug-likeness (QED) is 0.388. The largest absolute Gasteiger partial charge is 0.480 e. The van der Waals surface area contributed by atoms with Gasteiger partial charge in [0.25, 0.3) is 0 Å². The summed E-state index contributed by atoms with van der Waals surface area (Å²) in [6, 6.07) is 14.2. The summed E-state index contributed by atoms with van der Waals surface area (Å²) < 4.78 is 5.61. The van der Waals surface area contributed by atoms with Gasteiger partial charge in [0.05, 0.1) is 12.6 Å². The number of nitrogens with zero attached hydrogens (tertiary/aromatic N) is 2. The zero-order valence-electron chi connectivity index (χ0n) is 17.4. The molecule has 1 heterocycles. The van der Waals surface area contributed by atoms with Crippen molar-refractivity contribution in [3.63, 3.8) is 0 Å². The number of amides is 2. The zero-order chi connectivity index (χ0) is 22.7. The Hall–Kier alpha value is -3.65. The van der Waals surface area contributed by atoms with E-state index in [-0.39, 0.29) is 32.1 Å². The fraction of sp³-hybridized carbons (Fsp3) is 0.292. The third-order valence-electron chi connectivity index (χ3n) is 5.94. The molecule has 0 spiro atoms. The van der Waals surface area contributed by atoms with Crippen molar-refractivity contribution in [1.82, 2.24) is 9.96 Å². The topological polar surface area (TPSA) is 96.4 Å². The average Bonchev–Trinajstić information content (AvgIpc) is 3.39. The molecule has 0 bridgehead atoms. The third-order valence-corrected chi connectivity index (χ3v) is 5.94. The van der Waals surface area contributed by atoms with Crippen molar-refractivity contribution in [3.8, 4) is 11.1 Å². The fourth-order valence-electron chi connectivity index (χ4n) is 4.47. The van der Waals surface area contributed by atoms with Crippen LogP contribution in [0.5, 0.6) is 0 Å². The first-order valence-electron chi connectivity index (χ1n) is 10.4. The van der Waals surface area contributed by atoms with E-state index in [0.29, 0.717) is 6.41 Å². The van der Waals surface area contributed by atoms with E-state index in [0.717, 1.165) is 32.2 Å². The van der Waals surface area contributed by atoms with Gasteiger partial charge in [0, 0.05) is 18.9 Å². The maximum absolute atomic E-state index is 12.9.